The molecule has 206 valence electrons. The van der Waals surface area contributed by atoms with Crippen molar-refractivity contribution in [3.8, 4) is 0 Å². The molecule has 0 radical (unpaired) electrons. The van der Waals surface area contributed by atoms with Gasteiger partial charge in [0.15, 0.2) is 12.4 Å². The lowest BCUT2D eigenvalue weighted by molar-refractivity contribution is -0.148. The van der Waals surface area contributed by atoms with Gasteiger partial charge in [-0.2, -0.15) is 12.6 Å². The molecular formula is C30H46N2O4S. The molecule has 0 heterocycles. The molecular weight excluding hydrogens is 484 g/mol. The second-order valence-corrected chi connectivity index (χ2v) is 8.81. The van der Waals surface area contributed by atoms with E-state index in [1.807, 2.05) is 0 Å². The minimum atomic E-state index is -0.492. The molecule has 37 heavy (non-hydrogen) atoms. The number of esters is 1. The highest BCUT2D eigenvalue weighted by Crippen LogP contribution is 2.03. The lowest BCUT2D eigenvalue weighted by atomic mass is 10.1. The lowest BCUT2D eigenvalue weighted by Crippen LogP contribution is -2.30. The second-order valence-electron chi connectivity index (χ2n) is 8.36. The van der Waals surface area contributed by atoms with Crippen LogP contribution in [0.25, 0.3) is 0 Å². The normalized spacial score (nSPS) is 13.2. The number of carbonyl (C=O) groups is 3. The standard InChI is InChI=1S/C30H46N2O4S/c1-2-3-4-5-6-7-8-9-10-11-12-13-14-15-16-17-18-19-28(33)22-20-27(31)21-23-30(35)36-26-29(34)32-24-25-37/h3-4,6-7,9-10,12-13,15-16,20,22,27,37H,2,5,8,11,14,17-19,21,23-26,31H2,1H3,(H,32,34)/b4-3-,7-6-,10-9-,13-12-,16-15-,22-20-. The Hall–Kier alpha value is -2.64. The van der Waals surface area contributed by atoms with Gasteiger partial charge in [0.1, 0.15) is 0 Å². The van der Waals surface area contributed by atoms with Crippen LogP contribution in [0.1, 0.15) is 71.1 Å². The zero-order valence-electron chi connectivity index (χ0n) is 22.4. The van der Waals surface area contributed by atoms with Gasteiger partial charge in [-0.05, 0) is 57.4 Å². The molecule has 0 aliphatic carbocycles. The number of hydrogen-bond acceptors (Lipinski definition) is 6. The van der Waals surface area contributed by atoms with Crippen LogP contribution in [0.5, 0.6) is 0 Å². The third-order valence-corrected chi connectivity index (χ3v) is 5.18. The largest absolute Gasteiger partial charge is 0.456 e. The van der Waals surface area contributed by atoms with E-state index in [0.717, 1.165) is 44.9 Å². The molecule has 0 aromatic rings. The topological polar surface area (TPSA) is 98.5 Å². The molecule has 1 atom stereocenters. The van der Waals surface area contributed by atoms with E-state index >= 15 is 0 Å². The van der Waals surface area contributed by atoms with Gasteiger partial charge in [0, 0.05) is 31.2 Å². The molecule has 0 spiro atoms. The number of nitrogens with one attached hydrogen (secondary N) is 1. The summed E-state index contributed by atoms with van der Waals surface area (Å²) in [6.07, 6.45) is 32.2. The van der Waals surface area contributed by atoms with Gasteiger partial charge < -0.3 is 15.8 Å². The first-order chi connectivity index (χ1) is 18.0. The molecule has 3 N–H and O–H groups in total. The van der Waals surface area contributed by atoms with Crippen molar-refractivity contribution in [3.05, 3.63) is 72.9 Å². The van der Waals surface area contributed by atoms with E-state index in [-0.39, 0.29) is 24.7 Å². The van der Waals surface area contributed by atoms with E-state index in [1.165, 1.54) is 6.08 Å². The highest BCUT2D eigenvalue weighted by atomic mass is 32.1. The van der Waals surface area contributed by atoms with E-state index < -0.39 is 12.0 Å². The number of ketones is 1. The summed E-state index contributed by atoms with van der Waals surface area (Å²) >= 11 is 3.98. The zero-order chi connectivity index (χ0) is 27.4. The monoisotopic (exact) mass is 530 g/mol. The maximum atomic E-state index is 12.0. The summed E-state index contributed by atoms with van der Waals surface area (Å²) < 4.78 is 4.88. The first-order valence-electron chi connectivity index (χ1n) is 13.2. The Bertz CT molecular complexity index is 797. The van der Waals surface area contributed by atoms with Crippen molar-refractivity contribution in [1.29, 1.82) is 0 Å². The van der Waals surface area contributed by atoms with Gasteiger partial charge in [-0.1, -0.05) is 73.8 Å². The molecule has 0 saturated heterocycles. The van der Waals surface area contributed by atoms with Crippen molar-refractivity contribution < 1.29 is 19.1 Å². The van der Waals surface area contributed by atoms with Crippen LogP contribution >= 0.6 is 12.6 Å². The lowest BCUT2D eigenvalue weighted by Gasteiger charge is -2.07. The maximum absolute atomic E-state index is 12.0. The summed E-state index contributed by atoms with van der Waals surface area (Å²) in [5.41, 5.74) is 5.93. The number of carbonyl (C=O) groups excluding carboxylic acids is 3. The fourth-order valence-electron chi connectivity index (χ4n) is 2.92. The molecule has 7 heteroatoms. The van der Waals surface area contributed by atoms with E-state index in [0.29, 0.717) is 25.1 Å². The predicted octanol–water partition coefficient (Wildman–Crippen LogP) is 5.73. The number of rotatable bonds is 22. The van der Waals surface area contributed by atoms with Crippen molar-refractivity contribution in [2.45, 2.75) is 77.2 Å². The highest BCUT2D eigenvalue weighted by molar-refractivity contribution is 7.80. The van der Waals surface area contributed by atoms with Crippen molar-refractivity contribution in [3.63, 3.8) is 0 Å². The number of hydrogen-bond donors (Lipinski definition) is 3. The Balaban J connectivity index is 3.79. The minimum absolute atomic E-state index is 0.0197. The number of nitrogens with two attached hydrogens (primary N) is 1. The van der Waals surface area contributed by atoms with Gasteiger partial charge in [0.2, 0.25) is 0 Å². The zero-order valence-corrected chi connectivity index (χ0v) is 23.2. The maximum Gasteiger partial charge on any atom is 0.306 e. The molecule has 0 aromatic heterocycles. The third kappa shape index (κ3) is 26.2. The van der Waals surface area contributed by atoms with Crippen LogP contribution in [-0.4, -0.2) is 42.6 Å². The molecule has 0 aromatic carbocycles. The van der Waals surface area contributed by atoms with E-state index in [1.54, 1.807) is 6.08 Å². The predicted molar refractivity (Wildman–Crippen MR) is 157 cm³/mol. The molecule has 1 unspecified atom stereocenters. The fourth-order valence-corrected chi connectivity index (χ4v) is 3.03. The van der Waals surface area contributed by atoms with Crippen LogP contribution in [-0.2, 0) is 19.1 Å². The van der Waals surface area contributed by atoms with E-state index in [2.05, 4.69) is 85.6 Å². The second kappa shape index (κ2) is 26.4. The molecule has 0 aliphatic rings. The van der Waals surface area contributed by atoms with Crippen molar-refractivity contribution in [2.75, 3.05) is 18.9 Å². The number of allylic oxidation sites excluding steroid dienone is 11. The molecule has 0 aliphatic heterocycles. The van der Waals surface area contributed by atoms with Gasteiger partial charge in [-0.25, -0.2) is 0 Å². The SMILES string of the molecule is CC/C=C\C/C=C\C/C=C\C/C=C\C/C=C\CCCC(=O)/C=C\C(N)CCC(=O)OCC(=O)NCCS. The average Bonchev–Trinajstić information content (AvgIpc) is 2.89. The van der Waals surface area contributed by atoms with E-state index in [4.69, 9.17) is 10.5 Å². The van der Waals surface area contributed by atoms with Crippen LogP contribution in [0.15, 0.2) is 72.9 Å². The number of unbranched alkanes of at least 4 members (excludes halogenated alkanes) is 1. The fraction of sp³-hybridized carbons (Fsp3) is 0.500. The van der Waals surface area contributed by atoms with E-state index in [9.17, 15) is 14.4 Å². The molecule has 0 bridgehead atoms. The smallest absolute Gasteiger partial charge is 0.306 e. The number of amides is 1. The first-order valence-corrected chi connectivity index (χ1v) is 13.9. The van der Waals surface area contributed by atoms with Gasteiger partial charge >= 0.3 is 5.97 Å². The van der Waals surface area contributed by atoms with Crippen molar-refractivity contribution in [1.82, 2.24) is 5.32 Å². The molecule has 6 nitrogen and oxygen atoms in total. The summed E-state index contributed by atoms with van der Waals surface area (Å²) in [6.45, 7) is 2.25. The van der Waals surface area contributed by atoms with Gasteiger partial charge in [-0.3, -0.25) is 14.4 Å². The van der Waals surface area contributed by atoms with Crippen LogP contribution in [0.4, 0.5) is 0 Å². The molecule has 1 amide bonds. The first kappa shape index (κ1) is 34.4. The van der Waals surface area contributed by atoms with Gasteiger partial charge in [0.25, 0.3) is 5.91 Å². The Morgan fingerprint density at radius 3 is 2.00 bits per heavy atom. The number of ether oxygens (including phenoxy) is 1. The molecule has 0 rings (SSSR count). The summed E-state index contributed by atoms with van der Waals surface area (Å²) in [5, 5.41) is 2.56. The van der Waals surface area contributed by atoms with Crippen LogP contribution in [0.3, 0.4) is 0 Å². The Morgan fingerprint density at radius 1 is 0.865 bits per heavy atom. The number of thiol groups is 1. The Labute approximate surface area is 229 Å². The molecule has 0 fully saturated rings. The van der Waals surface area contributed by atoms with Gasteiger partial charge in [-0.15, -0.1) is 0 Å². The quantitative estimate of drug-likeness (QED) is 0.0546. The van der Waals surface area contributed by atoms with Crippen molar-refractivity contribution in [2.24, 2.45) is 5.73 Å². The average molecular weight is 531 g/mol. The van der Waals surface area contributed by atoms with Crippen molar-refractivity contribution >= 4 is 30.3 Å². The third-order valence-electron chi connectivity index (χ3n) is 4.96. The molecule has 0 saturated carbocycles. The summed E-state index contributed by atoms with van der Waals surface area (Å²) in [4.78, 5) is 35.0. The summed E-state index contributed by atoms with van der Waals surface area (Å²) in [5.74, 6) is -0.315. The Kier molecular flexibility index (Phi) is 24.5. The summed E-state index contributed by atoms with van der Waals surface area (Å²) in [7, 11) is 0. The van der Waals surface area contributed by atoms with Crippen LogP contribution in [0.2, 0.25) is 0 Å². The van der Waals surface area contributed by atoms with Crippen LogP contribution < -0.4 is 11.1 Å². The highest BCUT2D eigenvalue weighted by Gasteiger charge is 2.09. The van der Waals surface area contributed by atoms with Gasteiger partial charge in [0.05, 0.1) is 0 Å². The van der Waals surface area contributed by atoms with Crippen LogP contribution in [0, 0.1) is 0 Å². The minimum Gasteiger partial charge on any atom is -0.456 e. The Morgan fingerprint density at radius 2 is 1.43 bits per heavy atom. The summed E-state index contributed by atoms with van der Waals surface area (Å²) in [6, 6.07) is -0.416.